The van der Waals surface area contributed by atoms with Crippen molar-refractivity contribution in [3.8, 4) is 0 Å². The van der Waals surface area contributed by atoms with E-state index in [1.54, 1.807) is 0 Å². The second-order valence-electron chi connectivity index (χ2n) is 5.28. The summed E-state index contributed by atoms with van der Waals surface area (Å²) in [4.78, 5) is 11.9. The Morgan fingerprint density at radius 3 is 2.76 bits per heavy atom. The Labute approximate surface area is 114 Å². The summed E-state index contributed by atoms with van der Waals surface area (Å²) in [7, 11) is 0. The van der Waals surface area contributed by atoms with Crippen molar-refractivity contribution in [3.63, 3.8) is 0 Å². The number of carbonyl (C=O) groups is 1. The molecule has 1 unspecified atom stereocenters. The third kappa shape index (κ3) is 4.34. The van der Waals surface area contributed by atoms with Gasteiger partial charge in [-0.2, -0.15) is 0 Å². The van der Waals surface area contributed by atoms with Crippen molar-refractivity contribution in [1.82, 2.24) is 10.6 Å². The van der Waals surface area contributed by atoms with Gasteiger partial charge in [-0.05, 0) is 49.9 Å². The molecule has 0 bridgehead atoms. The van der Waals surface area contributed by atoms with Gasteiger partial charge in [-0.3, -0.25) is 4.79 Å². The topological polar surface area (TPSA) is 41.1 Å². The molecule has 2 N–H and O–H groups in total. The smallest absolute Gasteiger partial charge is 0.233 e. The van der Waals surface area contributed by atoms with Crippen LogP contribution < -0.4 is 10.6 Å². The predicted molar refractivity (Wildman–Crippen MR) is 75.9 cm³/mol. The summed E-state index contributed by atoms with van der Waals surface area (Å²) in [6.45, 7) is 5.32. The SMILES string of the molecule is CC1(CNC(=O)C2CCCS2)CCNCC1.Cl. The molecule has 0 aromatic carbocycles. The van der Waals surface area contributed by atoms with Gasteiger partial charge in [0.1, 0.15) is 0 Å². The fourth-order valence-electron chi connectivity index (χ4n) is 2.41. The van der Waals surface area contributed by atoms with Crippen LogP contribution in [0.15, 0.2) is 0 Å². The molecule has 0 aromatic rings. The summed E-state index contributed by atoms with van der Waals surface area (Å²) < 4.78 is 0. The number of halogens is 1. The molecule has 2 fully saturated rings. The highest BCUT2D eigenvalue weighted by Gasteiger charge is 2.29. The van der Waals surface area contributed by atoms with Crippen LogP contribution in [0.1, 0.15) is 32.6 Å². The molecule has 1 atom stereocenters. The molecule has 0 radical (unpaired) electrons. The van der Waals surface area contributed by atoms with E-state index in [-0.39, 0.29) is 23.6 Å². The van der Waals surface area contributed by atoms with Gasteiger partial charge in [-0.1, -0.05) is 6.92 Å². The van der Waals surface area contributed by atoms with Gasteiger partial charge in [-0.15, -0.1) is 24.2 Å². The second-order valence-corrected chi connectivity index (χ2v) is 6.59. The van der Waals surface area contributed by atoms with Crippen molar-refractivity contribution in [2.24, 2.45) is 5.41 Å². The molecule has 17 heavy (non-hydrogen) atoms. The van der Waals surface area contributed by atoms with Crippen LogP contribution in [0.25, 0.3) is 0 Å². The number of nitrogens with one attached hydrogen (secondary N) is 2. The van der Waals surface area contributed by atoms with Crippen LogP contribution in [0.3, 0.4) is 0 Å². The Morgan fingerprint density at radius 2 is 2.18 bits per heavy atom. The molecule has 0 spiro atoms. The Morgan fingerprint density at radius 1 is 1.47 bits per heavy atom. The minimum atomic E-state index is 0. The molecular weight excluding hydrogens is 256 g/mol. The maximum atomic E-state index is 11.9. The first-order valence-corrected chi connectivity index (χ1v) is 7.35. The molecule has 1 amide bonds. The lowest BCUT2D eigenvalue weighted by atomic mass is 9.81. The molecule has 5 heteroatoms. The lowest BCUT2D eigenvalue weighted by molar-refractivity contribution is -0.121. The molecule has 0 aromatic heterocycles. The van der Waals surface area contributed by atoms with Gasteiger partial charge >= 0.3 is 0 Å². The van der Waals surface area contributed by atoms with Crippen LogP contribution in [-0.2, 0) is 4.79 Å². The summed E-state index contributed by atoms with van der Waals surface area (Å²) in [5.41, 5.74) is 0.310. The molecular formula is C12H23ClN2OS. The maximum absolute atomic E-state index is 11.9. The predicted octanol–water partition coefficient (Wildman–Crippen LogP) is 1.81. The van der Waals surface area contributed by atoms with E-state index in [9.17, 15) is 4.79 Å². The first-order valence-electron chi connectivity index (χ1n) is 6.30. The molecule has 2 rings (SSSR count). The quantitative estimate of drug-likeness (QED) is 0.827. The number of thioether (sulfide) groups is 1. The average Bonchev–Trinajstić information content (AvgIpc) is 2.80. The first-order chi connectivity index (χ1) is 7.70. The molecule has 0 aliphatic carbocycles. The van der Waals surface area contributed by atoms with Crippen LogP contribution in [0, 0.1) is 5.41 Å². The van der Waals surface area contributed by atoms with Crippen molar-refractivity contribution < 1.29 is 4.79 Å². The zero-order valence-electron chi connectivity index (χ0n) is 10.5. The molecule has 3 nitrogen and oxygen atoms in total. The Hall–Kier alpha value is 0.0700. The number of piperidine rings is 1. The van der Waals surface area contributed by atoms with Crippen LogP contribution in [0.2, 0.25) is 0 Å². The highest BCUT2D eigenvalue weighted by atomic mass is 35.5. The van der Waals surface area contributed by atoms with Crippen molar-refractivity contribution in [2.75, 3.05) is 25.4 Å². The van der Waals surface area contributed by atoms with Crippen LogP contribution in [0.5, 0.6) is 0 Å². The summed E-state index contributed by atoms with van der Waals surface area (Å²) in [6, 6.07) is 0. The number of amides is 1. The summed E-state index contributed by atoms with van der Waals surface area (Å²) in [6.07, 6.45) is 4.61. The van der Waals surface area contributed by atoms with Gasteiger partial charge in [0.25, 0.3) is 0 Å². The van der Waals surface area contributed by atoms with E-state index in [2.05, 4.69) is 17.6 Å². The maximum Gasteiger partial charge on any atom is 0.233 e. The highest BCUT2D eigenvalue weighted by Crippen LogP contribution is 2.28. The van der Waals surface area contributed by atoms with Gasteiger partial charge in [0, 0.05) is 6.54 Å². The Balaban J connectivity index is 0.00000144. The molecule has 2 aliphatic heterocycles. The van der Waals surface area contributed by atoms with E-state index in [0.717, 1.165) is 31.8 Å². The van der Waals surface area contributed by atoms with E-state index < -0.39 is 0 Å². The molecule has 2 aliphatic rings. The third-order valence-corrected chi connectivity index (χ3v) is 5.10. The Bertz CT molecular complexity index is 251. The van der Waals surface area contributed by atoms with Gasteiger partial charge in [-0.25, -0.2) is 0 Å². The number of carbonyl (C=O) groups excluding carboxylic acids is 1. The van der Waals surface area contributed by atoms with E-state index in [0.29, 0.717) is 5.41 Å². The Kier molecular flexibility index (Phi) is 6.10. The van der Waals surface area contributed by atoms with Gasteiger partial charge < -0.3 is 10.6 Å². The lowest BCUT2D eigenvalue weighted by Gasteiger charge is -2.34. The zero-order chi connectivity index (χ0) is 11.4. The highest BCUT2D eigenvalue weighted by molar-refractivity contribution is 8.00. The van der Waals surface area contributed by atoms with E-state index in [1.807, 2.05) is 11.8 Å². The number of hydrogen-bond donors (Lipinski definition) is 2. The van der Waals surface area contributed by atoms with Crippen molar-refractivity contribution >= 4 is 30.1 Å². The lowest BCUT2D eigenvalue weighted by Crippen LogP contribution is -2.44. The summed E-state index contributed by atoms with van der Waals surface area (Å²) in [5, 5.41) is 6.74. The fraction of sp³-hybridized carbons (Fsp3) is 0.917. The van der Waals surface area contributed by atoms with E-state index >= 15 is 0 Å². The van der Waals surface area contributed by atoms with E-state index in [4.69, 9.17) is 0 Å². The molecule has 2 saturated heterocycles. The average molecular weight is 279 g/mol. The molecule has 0 saturated carbocycles. The largest absolute Gasteiger partial charge is 0.355 e. The summed E-state index contributed by atoms with van der Waals surface area (Å²) in [5.74, 6) is 1.42. The van der Waals surface area contributed by atoms with Gasteiger partial charge in [0.2, 0.25) is 5.91 Å². The van der Waals surface area contributed by atoms with Gasteiger partial charge in [0.15, 0.2) is 0 Å². The van der Waals surface area contributed by atoms with Crippen molar-refractivity contribution in [2.45, 2.75) is 37.9 Å². The van der Waals surface area contributed by atoms with Crippen LogP contribution in [0.4, 0.5) is 0 Å². The monoisotopic (exact) mass is 278 g/mol. The van der Waals surface area contributed by atoms with Crippen molar-refractivity contribution in [3.05, 3.63) is 0 Å². The molecule has 100 valence electrons. The van der Waals surface area contributed by atoms with Gasteiger partial charge in [0.05, 0.1) is 5.25 Å². The minimum Gasteiger partial charge on any atom is -0.355 e. The van der Waals surface area contributed by atoms with Crippen LogP contribution >= 0.6 is 24.2 Å². The van der Waals surface area contributed by atoms with Crippen LogP contribution in [-0.4, -0.2) is 36.5 Å². The third-order valence-electron chi connectivity index (χ3n) is 3.72. The first kappa shape index (κ1) is 15.1. The van der Waals surface area contributed by atoms with Crippen molar-refractivity contribution in [1.29, 1.82) is 0 Å². The standard InChI is InChI=1S/C12H22N2OS.ClH/c1-12(4-6-13-7-5-12)9-14-11(15)10-3-2-8-16-10;/h10,13H,2-9H2,1H3,(H,14,15);1H. The normalized spacial score (nSPS) is 27.2. The second kappa shape index (κ2) is 6.86. The minimum absolute atomic E-state index is 0. The molecule has 2 heterocycles. The van der Waals surface area contributed by atoms with E-state index in [1.165, 1.54) is 19.3 Å². The number of rotatable bonds is 3. The summed E-state index contributed by atoms with van der Waals surface area (Å²) >= 11 is 1.81. The fourth-order valence-corrected chi connectivity index (χ4v) is 3.59. The zero-order valence-corrected chi connectivity index (χ0v) is 12.1. The number of hydrogen-bond acceptors (Lipinski definition) is 3.